The van der Waals surface area contributed by atoms with E-state index in [-0.39, 0.29) is 10.8 Å². The minimum Gasteiger partial charge on any atom is -0.452 e. The number of anilines is 2. The van der Waals surface area contributed by atoms with Crippen molar-refractivity contribution in [3.05, 3.63) is 47.0 Å². The fourth-order valence-electron chi connectivity index (χ4n) is 4.30. The molecule has 0 unspecified atom stereocenters. The normalized spacial score (nSPS) is 13.6. The zero-order valence-electron chi connectivity index (χ0n) is 22.9. The van der Waals surface area contributed by atoms with Crippen molar-refractivity contribution in [2.45, 2.75) is 85.0 Å². The van der Waals surface area contributed by atoms with Crippen molar-refractivity contribution >= 4 is 46.0 Å². The first-order chi connectivity index (χ1) is 17.0. The van der Waals surface area contributed by atoms with Gasteiger partial charge in [0.15, 0.2) is 21.7 Å². The maximum absolute atomic E-state index is 6.70. The zero-order valence-corrected chi connectivity index (χ0v) is 24.5. The van der Waals surface area contributed by atoms with E-state index in [0.717, 1.165) is 72.8 Å². The molecular weight excluding hydrogens is 484 g/mol. The largest absolute Gasteiger partial charge is 0.452 e. The predicted octanol–water partition coefficient (Wildman–Crippen LogP) is 7.59. The molecule has 1 aliphatic heterocycles. The van der Waals surface area contributed by atoms with Gasteiger partial charge in [-0.2, -0.15) is 0 Å². The van der Waals surface area contributed by atoms with Gasteiger partial charge < -0.3 is 26.0 Å². The predicted molar refractivity (Wildman–Crippen MR) is 162 cm³/mol. The molecule has 0 spiro atoms. The Morgan fingerprint density at radius 2 is 1.39 bits per heavy atom. The molecule has 0 amide bonds. The van der Waals surface area contributed by atoms with Crippen LogP contribution in [0.15, 0.2) is 30.3 Å². The van der Waals surface area contributed by atoms with Crippen LogP contribution in [-0.2, 0) is 10.8 Å². The van der Waals surface area contributed by atoms with E-state index in [1.807, 2.05) is 6.07 Å². The van der Waals surface area contributed by atoms with E-state index in [4.69, 9.17) is 29.2 Å². The van der Waals surface area contributed by atoms with Crippen molar-refractivity contribution in [2.75, 3.05) is 23.7 Å². The molecule has 4 N–H and O–H groups in total. The fourth-order valence-corrected chi connectivity index (χ4v) is 4.73. The van der Waals surface area contributed by atoms with E-state index >= 15 is 0 Å². The molecule has 0 aromatic heterocycles. The van der Waals surface area contributed by atoms with Gasteiger partial charge in [-0.05, 0) is 60.4 Å². The van der Waals surface area contributed by atoms with Gasteiger partial charge in [0.05, 0.1) is 11.4 Å². The standard InChI is InChI=1S/C29H42N4OS2/c1-8-10-15-30-26(35)32-22-14-12-13-20-24(22)34-25-21(29(20,6)7)17-19(28(3,4)5)18-23(25)33-27(36)31-16-11-9-2/h12-14,17-18H,8-11,15-16H2,1-7H3,(H2,30,32,35)(H2,31,33,36). The maximum Gasteiger partial charge on any atom is 0.170 e. The van der Waals surface area contributed by atoms with Gasteiger partial charge >= 0.3 is 0 Å². The van der Waals surface area contributed by atoms with Gasteiger partial charge in [0.2, 0.25) is 0 Å². The number of ether oxygens (including phenoxy) is 1. The molecule has 2 aromatic rings. The first-order valence-electron chi connectivity index (χ1n) is 13.1. The number of rotatable bonds is 8. The van der Waals surface area contributed by atoms with Crippen molar-refractivity contribution in [1.29, 1.82) is 0 Å². The van der Waals surface area contributed by atoms with Crippen LogP contribution in [0.1, 0.15) is 90.8 Å². The number of nitrogens with one attached hydrogen (secondary N) is 4. The molecule has 0 bridgehead atoms. The third kappa shape index (κ3) is 6.48. The number of fused-ring (bicyclic) bond motifs is 2. The highest BCUT2D eigenvalue weighted by Crippen LogP contribution is 2.54. The van der Waals surface area contributed by atoms with Gasteiger partial charge in [0.25, 0.3) is 0 Å². The Hall–Kier alpha value is -2.38. The summed E-state index contributed by atoms with van der Waals surface area (Å²) >= 11 is 11.2. The molecule has 5 nitrogen and oxygen atoms in total. The molecule has 0 saturated heterocycles. The topological polar surface area (TPSA) is 57.4 Å². The van der Waals surface area contributed by atoms with Gasteiger partial charge in [-0.3, -0.25) is 0 Å². The monoisotopic (exact) mass is 526 g/mol. The van der Waals surface area contributed by atoms with E-state index in [0.29, 0.717) is 10.2 Å². The molecule has 0 aliphatic carbocycles. The summed E-state index contributed by atoms with van der Waals surface area (Å²) in [5.74, 6) is 1.60. The Bertz CT molecular complexity index is 1110. The first-order valence-corrected chi connectivity index (χ1v) is 13.9. The van der Waals surface area contributed by atoms with Gasteiger partial charge in [0.1, 0.15) is 0 Å². The Kier molecular flexibility index (Phi) is 9.23. The minimum absolute atomic E-state index is 0.0289. The van der Waals surface area contributed by atoms with Crippen LogP contribution in [-0.4, -0.2) is 23.3 Å². The van der Waals surface area contributed by atoms with Crippen molar-refractivity contribution < 1.29 is 4.74 Å². The van der Waals surface area contributed by atoms with Crippen LogP contribution in [0.2, 0.25) is 0 Å². The molecule has 7 heteroatoms. The summed E-state index contributed by atoms with van der Waals surface area (Å²) in [7, 11) is 0. The quantitative estimate of drug-likeness (QED) is 0.209. The van der Waals surface area contributed by atoms with Crippen molar-refractivity contribution in [3.63, 3.8) is 0 Å². The summed E-state index contributed by atoms with van der Waals surface area (Å²) in [5.41, 5.74) is 4.92. The lowest BCUT2D eigenvalue weighted by molar-refractivity contribution is 0.420. The van der Waals surface area contributed by atoms with E-state index < -0.39 is 0 Å². The van der Waals surface area contributed by atoms with Crippen LogP contribution >= 0.6 is 24.4 Å². The highest BCUT2D eigenvalue weighted by molar-refractivity contribution is 7.80. The van der Waals surface area contributed by atoms with Crippen LogP contribution < -0.4 is 26.0 Å². The van der Waals surface area contributed by atoms with Crippen molar-refractivity contribution in [1.82, 2.24) is 10.6 Å². The molecule has 2 aromatic carbocycles. The summed E-state index contributed by atoms with van der Waals surface area (Å²) in [5, 5.41) is 14.6. The highest BCUT2D eigenvalue weighted by Gasteiger charge is 2.38. The lowest BCUT2D eigenvalue weighted by atomic mass is 9.73. The van der Waals surface area contributed by atoms with Gasteiger partial charge in [-0.15, -0.1) is 0 Å². The summed E-state index contributed by atoms with van der Waals surface area (Å²) in [6.07, 6.45) is 4.37. The SMILES string of the molecule is CCCCNC(=S)Nc1cccc2c1Oc1c(NC(=S)NCCCC)cc(C(C)(C)C)cc1C2(C)C. The van der Waals surface area contributed by atoms with Crippen molar-refractivity contribution in [3.8, 4) is 11.5 Å². The van der Waals surface area contributed by atoms with Crippen LogP contribution in [0, 0.1) is 0 Å². The Balaban J connectivity index is 2.03. The molecule has 0 atom stereocenters. The Labute approximate surface area is 228 Å². The number of benzene rings is 2. The van der Waals surface area contributed by atoms with E-state index in [1.165, 1.54) is 5.56 Å². The molecule has 1 heterocycles. The fraction of sp³-hybridized carbons (Fsp3) is 0.517. The number of thiocarbonyl (C=S) groups is 2. The molecular formula is C29H42N4OS2. The second-order valence-electron chi connectivity index (χ2n) is 11.0. The molecule has 3 rings (SSSR count). The van der Waals surface area contributed by atoms with Gasteiger partial charge in [-0.25, -0.2) is 0 Å². The van der Waals surface area contributed by atoms with Crippen LogP contribution in [0.4, 0.5) is 11.4 Å². The maximum atomic E-state index is 6.70. The Morgan fingerprint density at radius 1 is 0.833 bits per heavy atom. The van der Waals surface area contributed by atoms with Crippen molar-refractivity contribution in [2.24, 2.45) is 0 Å². The van der Waals surface area contributed by atoms with Gasteiger partial charge in [0, 0.05) is 29.6 Å². The average molecular weight is 527 g/mol. The number of para-hydroxylation sites is 1. The van der Waals surface area contributed by atoms with Crippen LogP contribution in [0.3, 0.4) is 0 Å². The molecule has 196 valence electrons. The molecule has 36 heavy (non-hydrogen) atoms. The van der Waals surface area contributed by atoms with Crippen LogP contribution in [0.5, 0.6) is 11.5 Å². The summed E-state index contributed by atoms with van der Waals surface area (Å²) in [6, 6.07) is 10.7. The third-order valence-corrected chi connectivity index (χ3v) is 7.14. The van der Waals surface area contributed by atoms with Crippen LogP contribution in [0.25, 0.3) is 0 Å². The first kappa shape index (κ1) is 28.2. The molecule has 1 aliphatic rings. The second kappa shape index (κ2) is 11.8. The molecule has 0 fully saturated rings. The summed E-state index contributed by atoms with van der Waals surface area (Å²) in [4.78, 5) is 0. The lowest BCUT2D eigenvalue weighted by Crippen LogP contribution is -2.32. The Morgan fingerprint density at radius 3 is 1.94 bits per heavy atom. The average Bonchev–Trinajstić information content (AvgIpc) is 2.80. The molecule has 0 saturated carbocycles. The summed E-state index contributed by atoms with van der Waals surface area (Å²) in [6.45, 7) is 17.2. The number of unbranched alkanes of at least 4 members (excludes halogenated alkanes) is 2. The molecule has 0 radical (unpaired) electrons. The smallest absolute Gasteiger partial charge is 0.170 e. The minimum atomic E-state index is -0.285. The lowest BCUT2D eigenvalue weighted by Gasteiger charge is -2.38. The van der Waals surface area contributed by atoms with E-state index in [2.05, 4.69) is 94.0 Å². The highest BCUT2D eigenvalue weighted by atomic mass is 32.1. The summed E-state index contributed by atoms with van der Waals surface area (Å²) < 4.78 is 6.70. The zero-order chi connectivity index (χ0) is 26.5. The third-order valence-electron chi connectivity index (χ3n) is 6.65. The van der Waals surface area contributed by atoms with E-state index in [9.17, 15) is 0 Å². The van der Waals surface area contributed by atoms with E-state index in [1.54, 1.807) is 0 Å². The number of hydrogen-bond donors (Lipinski definition) is 4. The number of hydrogen-bond acceptors (Lipinski definition) is 3. The second-order valence-corrected chi connectivity index (χ2v) is 11.8. The van der Waals surface area contributed by atoms with Gasteiger partial charge in [-0.1, -0.05) is 79.5 Å².